The van der Waals surface area contributed by atoms with Gasteiger partial charge in [0.1, 0.15) is 6.04 Å². The SMILES string of the molecule is CN1C(=O)[C@@H](NC(=O)O)CSc2ccccc21. The molecule has 1 aromatic rings. The number of carbonyl (C=O) groups excluding carboxylic acids is 1. The number of fused-ring (bicyclic) bond motifs is 1. The maximum Gasteiger partial charge on any atom is 0.405 e. The van der Waals surface area contributed by atoms with Crippen LogP contribution in [0.25, 0.3) is 0 Å². The van der Waals surface area contributed by atoms with Crippen molar-refractivity contribution in [1.29, 1.82) is 0 Å². The monoisotopic (exact) mass is 252 g/mol. The molecule has 1 atom stereocenters. The number of carbonyl (C=O) groups is 2. The van der Waals surface area contributed by atoms with E-state index in [1.807, 2.05) is 24.3 Å². The number of thioether (sulfide) groups is 1. The van der Waals surface area contributed by atoms with Crippen LogP contribution in [0.5, 0.6) is 0 Å². The predicted molar refractivity (Wildman–Crippen MR) is 65.5 cm³/mol. The van der Waals surface area contributed by atoms with E-state index < -0.39 is 12.1 Å². The molecular weight excluding hydrogens is 240 g/mol. The molecule has 1 aliphatic rings. The van der Waals surface area contributed by atoms with Crippen LogP contribution in [0.15, 0.2) is 29.2 Å². The van der Waals surface area contributed by atoms with Gasteiger partial charge in [0.05, 0.1) is 5.69 Å². The molecule has 1 aromatic carbocycles. The van der Waals surface area contributed by atoms with Crippen molar-refractivity contribution in [3.63, 3.8) is 0 Å². The summed E-state index contributed by atoms with van der Waals surface area (Å²) in [7, 11) is 1.66. The Bertz CT molecular complexity index is 464. The molecule has 0 unspecified atom stereocenters. The van der Waals surface area contributed by atoms with Crippen molar-refractivity contribution in [2.75, 3.05) is 17.7 Å². The number of para-hydroxylation sites is 1. The van der Waals surface area contributed by atoms with E-state index in [9.17, 15) is 9.59 Å². The fourth-order valence-corrected chi connectivity index (χ4v) is 2.81. The van der Waals surface area contributed by atoms with E-state index in [2.05, 4.69) is 5.32 Å². The van der Waals surface area contributed by atoms with Crippen molar-refractivity contribution in [2.24, 2.45) is 0 Å². The Morgan fingerprint density at radius 2 is 2.24 bits per heavy atom. The molecule has 0 radical (unpaired) electrons. The third kappa shape index (κ3) is 2.36. The maximum absolute atomic E-state index is 12.0. The minimum atomic E-state index is -1.18. The van der Waals surface area contributed by atoms with Crippen LogP contribution in [0.1, 0.15) is 0 Å². The number of nitrogens with one attached hydrogen (secondary N) is 1. The number of hydrogen-bond donors (Lipinski definition) is 2. The Balaban J connectivity index is 2.29. The number of rotatable bonds is 1. The molecule has 6 heteroatoms. The van der Waals surface area contributed by atoms with Crippen molar-refractivity contribution in [3.8, 4) is 0 Å². The quantitative estimate of drug-likeness (QED) is 0.792. The number of likely N-dealkylation sites (N-methyl/N-ethyl adjacent to an activating group) is 1. The third-order valence-electron chi connectivity index (χ3n) is 2.56. The van der Waals surface area contributed by atoms with Crippen LogP contribution in [0.4, 0.5) is 10.5 Å². The van der Waals surface area contributed by atoms with Gasteiger partial charge in [-0.05, 0) is 12.1 Å². The van der Waals surface area contributed by atoms with E-state index in [1.165, 1.54) is 16.7 Å². The van der Waals surface area contributed by atoms with E-state index in [4.69, 9.17) is 5.11 Å². The molecule has 0 aliphatic carbocycles. The van der Waals surface area contributed by atoms with Crippen molar-refractivity contribution >= 4 is 29.4 Å². The molecule has 5 nitrogen and oxygen atoms in total. The highest BCUT2D eigenvalue weighted by Crippen LogP contribution is 2.33. The minimum Gasteiger partial charge on any atom is -0.465 e. The van der Waals surface area contributed by atoms with Gasteiger partial charge in [-0.25, -0.2) is 4.79 Å². The summed E-state index contributed by atoms with van der Waals surface area (Å²) in [5, 5.41) is 10.9. The van der Waals surface area contributed by atoms with Gasteiger partial charge in [-0.3, -0.25) is 4.79 Å². The smallest absolute Gasteiger partial charge is 0.405 e. The number of hydrogen-bond acceptors (Lipinski definition) is 3. The number of carboxylic acid groups (broad SMARTS) is 1. The van der Waals surface area contributed by atoms with Crippen LogP contribution in [0, 0.1) is 0 Å². The molecule has 0 aromatic heterocycles. The van der Waals surface area contributed by atoms with Crippen molar-refractivity contribution in [2.45, 2.75) is 10.9 Å². The topological polar surface area (TPSA) is 69.6 Å². The molecule has 1 heterocycles. The Hall–Kier alpha value is -1.69. The first-order valence-electron chi connectivity index (χ1n) is 5.08. The zero-order chi connectivity index (χ0) is 12.4. The summed E-state index contributed by atoms with van der Waals surface area (Å²) >= 11 is 1.48. The Kier molecular flexibility index (Phi) is 3.23. The lowest BCUT2D eigenvalue weighted by molar-refractivity contribution is -0.119. The van der Waals surface area contributed by atoms with E-state index in [-0.39, 0.29) is 5.91 Å². The average molecular weight is 252 g/mol. The highest BCUT2D eigenvalue weighted by atomic mass is 32.2. The van der Waals surface area contributed by atoms with Gasteiger partial charge in [0, 0.05) is 17.7 Å². The predicted octanol–water partition coefficient (Wildman–Crippen LogP) is 1.39. The zero-order valence-corrected chi connectivity index (χ0v) is 10.0. The lowest BCUT2D eigenvalue weighted by Gasteiger charge is -2.20. The standard InChI is InChI=1S/C11H12N2O3S/c1-13-8-4-2-3-5-9(8)17-6-7(10(13)14)12-11(15)16/h2-5,7,12H,6H2,1H3,(H,15,16)/t7-/m0/s1. The van der Waals surface area contributed by atoms with Crippen molar-refractivity contribution in [3.05, 3.63) is 24.3 Å². The summed E-state index contributed by atoms with van der Waals surface area (Å²) in [6.07, 6.45) is -1.18. The summed E-state index contributed by atoms with van der Waals surface area (Å²) in [5.74, 6) is 0.178. The van der Waals surface area contributed by atoms with Crippen LogP contribution in [0.2, 0.25) is 0 Å². The molecule has 0 saturated carbocycles. The van der Waals surface area contributed by atoms with E-state index in [1.54, 1.807) is 7.05 Å². The number of amides is 2. The Morgan fingerprint density at radius 1 is 1.53 bits per heavy atom. The summed E-state index contributed by atoms with van der Waals surface area (Å²) in [4.78, 5) is 25.1. The molecule has 90 valence electrons. The fraction of sp³-hybridized carbons (Fsp3) is 0.273. The second-order valence-corrected chi connectivity index (χ2v) is 4.74. The van der Waals surface area contributed by atoms with Crippen LogP contribution in [0.3, 0.4) is 0 Å². The van der Waals surface area contributed by atoms with E-state index in [0.29, 0.717) is 5.75 Å². The summed E-state index contributed by atoms with van der Waals surface area (Å²) < 4.78 is 0. The molecule has 0 fully saturated rings. The highest BCUT2D eigenvalue weighted by Gasteiger charge is 2.29. The summed E-state index contributed by atoms with van der Waals surface area (Å²) in [6.45, 7) is 0. The number of benzene rings is 1. The summed E-state index contributed by atoms with van der Waals surface area (Å²) in [6, 6.07) is 6.83. The van der Waals surface area contributed by atoms with Gasteiger partial charge in [-0.2, -0.15) is 0 Å². The lowest BCUT2D eigenvalue weighted by Crippen LogP contribution is -2.47. The molecule has 17 heavy (non-hydrogen) atoms. The first-order valence-corrected chi connectivity index (χ1v) is 6.07. The van der Waals surface area contributed by atoms with Crippen LogP contribution in [-0.4, -0.2) is 35.9 Å². The van der Waals surface area contributed by atoms with E-state index >= 15 is 0 Å². The normalized spacial score (nSPS) is 19.5. The van der Waals surface area contributed by atoms with Gasteiger partial charge in [0.2, 0.25) is 5.91 Å². The van der Waals surface area contributed by atoms with Crippen LogP contribution < -0.4 is 10.2 Å². The van der Waals surface area contributed by atoms with Crippen molar-refractivity contribution < 1.29 is 14.7 Å². The fourth-order valence-electron chi connectivity index (χ4n) is 1.71. The molecule has 1 aliphatic heterocycles. The maximum atomic E-state index is 12.0. The Morgan fingerprint density at radius 3 is 2.94 bits per heavy atom. The second-order valence-electron chi connectivity index (χ2n) is 3.68. The van der Waals surface area contributed by atoms with Gasteiger partial charge in [0.15, 0.2) is 0 Å². The first-order chi connectivity index (χ1) is 8.09. The molecule has 0 saturated heterocycles. The van der Waals surface area contributed by atoms with E-state index in [0.717, 1.165) is 10.6 Å². The highest BCUT2D eigenvalue weighted by molar-refractivity contribution is 7.99. The zero-order valence-electron chi connectivity index (χ0n) is 9.21. The van der Waals surface area contributed by atoms with Crippen molar-refractivity contribution in [1.82, 2.24) is 5.32 Å². The molecule has 0 bridgehead atoms. The minimum absolute atomic E-state index is 0.232. The van der Waals surface area contributed by atoms with Gasteiger partial charge in [-0.1, -0.05) is 12.1 Å². The largest absolute Gasteiger partial charge is 0.465 e. The number of nitrogens with zero attached hydrogens (tertiary/aromatic N) is 1. The third-order valence-corrected chi connectivity index (χ3v) is 3.71. The Labute approximate surface area is 103 Å². The van der Waals surface area contributed by atoms with Gasteiger partial charge < -0.3 is 15.3 Å². The number of anilines is 1. The lowest BCUT2D eigenvalue weighted by atomic mass is 10.2. The molecule has 0 spiro atoms. The molecule has 2 rings (SSSR count). The van der Waals surface area contributed by atoms with Gasteiger partial charge in [-0.15, -0.1) is 11.8 Å². The summed E-state index contributed by atoms with van der Waals surface area (Å²) in [5.41, 5.74) is 0.817. The molecule has 2 amide bonds. The van der Waals surface area contributed by atoms with Crippen LogP contribution in [-0.2, 0) is 4.79 Å². The molecule has 2 N–H and O–H groups in total. The average Bonchev–Trinajstić information content (AvgIpc) is 2.42. The van der Waals surface area contributed by atoms with Gasteiger partial charge >= 0.3 is 6.09 Å². The molecular formula is C11H12N2O3S. The second kappa shape index (κ2) is 4.67. The first kappa shape index (κ1) is 11.8. The van der Waals surface area contributed by atoms with Gasteiger partial charge in [0.25, 0.3) is 0 Å². The van der Waals surface area contributed by atoms with Crippen LogP contribution >= 0.6 is 11.8 Å².